The second kappa shape index (κ2) is 3.15. The van der Waals surface area contributed by atoms with Crippen molar-refractivity contribution in [3.05, 3.63) is 0 Å². The minimum absolute atomic E-state index is 0.255. The quantitative estimate of drug-likeness (QED) is 0.555. The van der Waals surface area contributed by atoms with Gasteiger partial charge in [-0.3, -0.25) is 4.99 Å². The van der Waals surface area contributed by atoms with Gasteiger partial charge in [0.2, 0.25) is 0 Å². The third kappa shape index (κ3) is 1.52. The number of hydrogen-bond acceptors (Lipinski definition) is 3. The van der Waals surface area contributed by atoms with E-state index in [4.69, 9.17) is 0 Å². The highest BCUT2D eigenvalue weighted by Gasteiger charge is 2.32. The molecule has 0 aromatic heterocycles. The van der Waals surface area contributed by atoms with Gasteiger partial charge in [0.15, 0.2) is 0 Å². The summed E-state index contributed by atoms with van der Waals surface area (Å²) in [5, 5.41) is 3.58. The molecule has 0 atom stereocenters. The Labute approximate surface area is 73.9 Å². The smallest absolute Gasteiger partial charge is 0.0559 e. The molecule has 3 nitrogen and oxygen atoms in total. The molecule has 0 radical (unpaired) electrons. The Hall–Kier alpha value is -0.410. The lowest BCUT2D eigenvalue weighted by Gasteiger charge is -2.40. The Balaban J connectivity index is 2.01. The van der Waals surface area contributed by atoms with Crippen LogP contribution in [0.3, 0.4) is 0 Å². The van der Waals surface area contributed by atoms with Crippen molar-refractivity contribution in [2.24, 2.45) is 4.99 Å². The van der Waals surface area contributed by atoms with Crippen molar-refractivity contribution >= 4 is 6.21 Å². The van der Waals surface area contributed by atoms with E-state index in [0.29, 0.717) is 0 Å². The van der Waals surface area contributed by atoms with Gasteiger partial charge in [-0.2, -0.15) is 0 Å². The van der Waals surface area contributed by atoms with Gasteiger partial charge in [0.05, 0.1) is 12.1 Å². The summed E-state index contributed by atoms with van der Waals surface area (Å²) in [6, 6.07) is 0. The standard InChI is InChI=1S/C9H17N3/c1-12-6-2-9(3-7-12)8-10-4-5-11-9/h8,11H,2-7H2,1H3. The van der Waals surface area contributed by atoms with Crippen LogP contribution >= 0.6 is 0 Å². The third-order valence-corrected chi connectivity index (χ3v) is 2.94. The molecule has 0 aromatic rings. The second-order valence-electron chi connectivity index (χ2n) is 3.92. The minimum Gasteiger partial charge on any atom is -0.306 e. The van der Waals surface area contributed by atoms with Crippen LogP contribution in [0.1, 0.15) is 12.8 Å². The molecule has 68 valence electrons. The molecule has 1 spiro atoms. The van der Waals surface area contributed by atoms with E-state index in [2.05, 4.69) is 28.5 Å². The van der Waals surface area contributed by atoms with E-state index in [-0.39, 0.29) is 5.54 Å². The number of piperidine rings is 1. The molecule has 0 bridgehead atoms. The highest BCUT2D eigenvalue weighted by molar-refractivity contribution is 5.71. The van der Waals surface area contributed by atoms with Crippen LogP contribution in [0.2, 0.25) is 0 Å². The van der Waals surface area contributed by atoms with Crippen LogP contribution in [-0.4, -0.2) is 49.9 Å². The van der Waals surface area contributed by atoms with Gasteiger partial charge in [0.25, 0.3) is 0 Å². The second-order valence-corrected chi connectivity index (χ2v) is 3.92. The van der Waals surface area contributed by atoms with Crippen LogP contribution in [0.25, 0.3) is 0 Å². The molecule has 0 amide bonds. The van der Waals surface area contributed by atoms with Crippen LogP contribution in [0.5, 0.6) is 0 Å². The van der Waals surface area contributed by atoms with Crippen molar-refractivity contribution < 1.29 is 0 Å². The van der Waals surface area contributed by atoms with Gasteiger partial charge in [0, 0.05) is 12.8 Å². The predicted octanol–water partition coefficient (Wildman–Crippen LogP) is 0.125. The van der Waals surface area contributed by atoms with Crippen LogP contribution in [0.15, 0.2) is 4.99 Å². The van der Waals surface area contributed by atoms with Crippen molar-refractivity contribution in [1.29, 1.82) is 0 Å². The molecule has 0 unspecified atom stereocenters. The molecule has 2 heterocycles. The number of nitrogens with zero attached hydrogens (tertiary/aromatic N) is 2. The van der Waals surface area contributed by atoms with Crippen LogP contribution < -0.4 is 5.32 Å². The summed E-state index contributed by atoms with van der Waals surface area (Å²) in [7, 11) is 2.19. The average Bonchev–Trinajstić information content (AvgIpc) is 2.13. The molecule has 1 fully saturated rings. The van der Waals surface area contributed by atoms with Crippen LogP contribution in [0.4, 0.5) is 0 Å². The SMILES string of the molecule is CN1CCC2(C=NCCN2)CC1. The lowest BCUT2D eigenvalue weighted by atomic mass is 9.88. The molecule has 2 aliphatic rings. The molecular formula is C9H17N3. The Kier molecular flexibility index (Phi) is 2.15. The molecule has 0 aromatic carbocycles. The van der Waals surface area contributed by atoms with Crippen LogP contribution in [-0.2, 0) is 0 Å². The molecule has 0 aliphatic carbocycles. The summed E-state index contributed by atoms with van der Waals surface area (Å²) in [4.78, 5) is 6.76. The van der Waals surface area contributed by atoms with E-state index >= 15 is 0 Å². The molecule has 2 aliphatic heterocycles. The monoisotopic (exact) mass is 167 g/mol. The highest BCUT2D eigenvalue weighted by Crippen LogP contribution is 2.20. The van der Waals surface area contributed by atoms with Crippen molar-refractivity contribution in [1.82, 2.24) is 10.2 Å². The molecule has 1 saturated heterocycles. The summed E-state index contributed by atoms with van der Waals surface area (Å²) < 4.78 is 0. The first-order valence-corrected chi connectivity index (χ1v) is 4.75. The summed E-state index contributed by atoms with van der Waals surface area (Å²) in [6.07, 6.45) is 4.57. The first-order chi connectivity index (χ1) is 5.81. The zero-order valence-corrected chi connectivity index (χ0v) is 7.71. The van der Waals surface area contributed by atoms with Crippen molar-refractivity contribution in [3.63, 3.8) is 0 Å². The Morgan fingerprint density at radius 1 is 1.42 bits per heavy atom. The summed E-state index contributed by atoms with van der Waals surface area (Å²) >= 11 is 0. The third-order valence-electron chi connectivity index (χ3n) is 2.94. The maximum Gasteiger partial charge on any atom is 0.0559 e. The Morgan fingerprint density at radius 2 is 2.17 bits per heavy atom. The van der Waals surface area contributed by atoms with E-state index in [1.54, 1.807) is 0 Å². The lowest BCUT2D eigenvalue weighted by Crippen LogP contribution is -2.56. The number of likely N-dealkylation sites (tertiary alicyclic amines) is 1. The number of hydrogen-bond donors (Lipinski definition) is 1. The van der Waals surface area contributed by atoms with Gasteiger partial charge in [-0.15, -0.1) is 0 Å². The van der Waals surface area contributed by atoms with Crippen molar-refractivity contribution in [2.75, 3.05) is 33.2 Å². The maximum atomic E-state index is 4.37. The number of rotatable bonds is 0. The first kappa shape index (κ1) is 8.20. The van der Waals surface area contributed by atoms with Gasteiger partial charge in [-0.25, -0.2) is 0 Å². The Morgan fingerprint density at radius 3 is 2.75 bits per heavy atom. The van der Waals surface area contributed by atoms with E-state index in [9.17, 15) is 0 Å². The largest absolute Gasteiger partial charge is 0.306 e. The van der Waals surface area contributed by atoms with Gasteiger partial charge in [-0.1, -0.05) is 0 Å². The van der Waals surface area contributed by atoms with Gasteiger partial charge in [0.1, 0.15) is 0 Å². The zero-order chi connectivity index (χ0) is 8.44. The summed E-state index contributed by atoms with van der Waals surface area (Å²) in [6.45, 7) is 4.40. The van der Waals surface area contributed by atoms with Crippen molar-refractivity contribution in [2.45, 2.75) is 18.4 Å². The molecule has 1 N–H and O–H groups in total. The number of nitrogens with one attached hydrogen (secondary N) is 1. The van der Waals surface area contributed by atoms with Crippen LogP contribution in [0, 0.1) is 0 Å². The zero-order valence-electron chi connectivity index (χ0n) is 7.71. The maximum absolute atomic E-state index is 4.37. The fourth-order valence-corrected chi connectivity index (χ4v) is 1.98. The van der Waals surface area contributed by atoms with Gasteiger partial charge >= 0.3 is 0 Å². The minimum atomic E-state index is 0.255. The van der Waals surface area contributed by atoms with Gasteiger partial charge < -0.3 is 10.2 Å². The van der Waals surface area contributed by atoms with E-state index in [1.807, 2.05) is 0 Å². The molecule has 12 heavy (non-hydrogen) atoms. The normalized spacial score (nSPS) is 29.4. The van der Waals surface area contributed by atoms with Crippen molar-refractivity contribution in [3.8, 4) is 0 Å². The summed E-state index contributed by atoms with van der Waals surface area (Å²) in [5.41, 5.74) is 0.255. The molecular weight excluding hydrogens is 150 g/mol. The first-order valence-electron chi connectivity index (χ1n) is 4.75. The van der Waals surface area contributed by atoms with Gasteiger partial charge in [-0.05, 0) is 33.0 Å². The molecule has 0 saturated carbocycles. The van der Waals surface area contributed by atoms with E-state index in [1.165, 1.54) is 25.9 Å². The highest BCUT2D eigenvalue weighted by atomic mass is 15.1. The number of aliphatic imine (C=N–C) groups is 1. The predicted molar refractivity (Wildman–Crippen MR) is 50.8 cm³/mol. The van der Waals surface area contributed by atoms with E-state index in [0.717, 1.165) is 13.1 Å². The fraction of sp³-hybridized carbons (Fsp3) is 0.889. The van der Waals surface area contributed by atoms with E-state index < -0.39 is 0 Å². The topological polar surface area (TPSA) is 27.6 Å². The molecule has 2 rings (SSSR count). The summed E-state index contributed by atoms with van der Waals surface area (Å²) in [5.74, 6) is 0. The fourth-order valence-electron chi connectivity index (χ4n) is 1.98. The molecule has 3 heteroatoms. The lowest BCUT2D eigenvalue weighted by molar-refractivity contribution is 0.204. The average molecular weight is 167 g/mol. The Bertz CT molecular complexity index is 180.